The zero-order chi connectivity index (χ0) is 16.4. The molecule has 3 rings (SSSR count). The molecule has 1 aromatic carbocycles. The van der Waals surface area contributed by atoms with Crippen LogP contribution in [-0.2, 0) is 14.9 Å². The lowest BCUT2D eigenvalue weighted by molar-refractivity contribution is -0.163. The van der Waals surface area contributed by atoms with Gasteiger partial charge in [0, 0.05) is 0 Å². The van der Waals surface area contributed by atoms with Gasteiger partial charge in [0.1, 0.15) is 17.3 Å². The average Bonchev–Trinajstić information content (AvgIpc) is 2.44. The molecule has 126 valence electrons. The normalized spacial score (nSPS) is 20.1. The van der Waals surface area contributed by atoms with Crippen LogP contribution in [0.25, 0.3) is 0 Å². The minimum Gasteiger partial charge on any atom is -0.494 e. The van der Waals surface area contributed by atoms with Gasteiger partial charge in [0.15, 0.2) is 0 Å². The van der Waals surface area contributed by atoms with Gasteiger partial charge in [0.05, 0.1) is 32.9 Å². The van der Waals surface area contributed by atoms with Crippen LogP contribution in [0, 0.1) is 5.92 Å². The average molecular weight is 321 g/mol. The maximum absolute atomic E-state index is 13.0. The third-order valence-corrected chi connectivity index (χ3v) is 4.60. The first-order chi connectivity index (χ1) is 11.0. The summed E-state index contributed by atoms with van der Waals surface area (Å²) in [5.74, 6) is 1.40. The minimum absolute atomic E-state index is 0.0221. The van der Waals surface area contributed by atoms with E-state index in [-0.39, 0.29) is 19.0 Å². The molecule has 2 saturated heterocycles. The molecular formula is C18H24FNO3. The van der Waals surface area contributed by atoms with Crippen molar-refractivity contribution < 1.29 is 18.7 Å². The smallest absolute Gasteiger partial charge is 0.238 e. The summed E-state index contributed by atoms with van der Waals surface area (Å²) >= 11 is 0. The fourth-order valence-electron chi connectivity index (χ4n) is 2.90. The molecule has 2 fully saturated rings. The van der Waals surface area contributed by atoms with Crippen molar-refractivity contribution >= 4 is 5.91 Å². The molecule has 2 heterocycles. The van der Waals surface area contributed by atoms with Crippen LogP contribution < -0.4 is 4.74 Å². The Kier molecular flexibility index (Phi) is 4.57. The van der Waals surface area contributed by atoms with Crippen molar-refractivity contribution in [2.45, 2.75) is 31.9 Å². The quantitative estimate of drug-likeness (QED) is 0.808. The molecule has 4 nitrogen and oxygen atoms in total. The molecular weight excluding hydrogens is 297 g/mol. The fourth-order valence-corrected chi connectivity index (χ4v) is 2.90. The maximum atomic E-state index is 13.0. The Morgan fingerprint density at radius 1 is 1.35 bits per heavy atom. The summed E-state index contributed by atoms with van der Waals surface area (Å²) in [5.41, 5.74) is 0.281. The number of halogens is 1. The van der Waals surface area contributed by atoms with Crippen LogP contribution in [0.3, 0.4) is 0 Å². The van der Waals surface area contributed by atoms with Gasteiger partial charge in [0.2, 0.25) is 5.91 Å². The maximum Gasteiger partial charge on any atom is 0.238 e. The third-order valence-electron chi connectivity index (χ3n) is 4.60. The summed E-state index contributed by atoms with van der Waals surface area (Å²) in [6.45, 7) is 6.16. The summed E-state index contributed by atoms with van der Waals surface area (Å²) in [5, 5.41) is 0. The van der Waals surface area contributed by atoms with E-state index in [2.05, 4.69) is 13.8 Å². The SMILES string of the molecule is CC(C)CCOc1ccc(C2(C(=O)N3CC(F)C3)COC2)cc1. The van der Waals surface area contributed by atoms with Crippen molar-refractivity contribution in [1.82, 2.24) is 4.90 Å². The van der Waals surface area contributed by atoms with Crippen LogP contribution in [0.15, 0.2) is 24.3 Å². The van der Waals surface area contributed by atoms with Crippen molar-refractivity contribution in [3.8, 4) is 5.75 Å². The summed E-state index contributed by atoms with van der Waals surface area (Å²) in [4.78, 5) is 14.2. The molecule has 0 aromatic heterocycles. The van der Waals surface area contributed by atoms with Gasteiger partial charge in [-0.25, -0.2) is 4.39 Å². The van der Waals surface area contributed by atoms with Crippen LogP contribution in [0.4, 0.5) is 4.39 Å². The Labute approximate surface area is 136 Å². The highest BCUT2D eigenvalue weighted by atomic mass is 19.1. The van der Waals surface area contributed by atoms with E-state index in [1.807, 2.05) is 24.3 Å². The predicted molar refractivity (Wildman–Crippen MR) is 85.4 cm³/mol. The second kappa shape index (κ2) is 6.48. The predicted octanol–water partition coefficient (Wildman–Crippen LogP) is 2.56. The lowest BCUT2D eigenvalue weighted by Gasteiger charge is -2.46. The van der Waals surface area contributed by atoms with E-state index < -0.39 is 11.6 Å². The first kappa shape index (κ1) is 16.2. The van der Waals surface area contributed by atoms with Gasteiger partial charge >= 0.3 is 0 Å². The van der Waals surface area contributed by atoms with Gasteiger partial charge < -0.3 is 14.4 Å². The van der Waals surface area contributed by atoms with Gasteiger partial charge in [0.25, 0.3) is 0 Å². The summed E-state index contributed by atoms with van der Waals surface area (Å²) in [7, 11) is 0. The number of amides is 1. The monoisotopic (exact) mass is 321 g/mol. The highest BCUT2D eigenvalue weighted by Crippen LogP contribution is 2.36. The van der Waals surface area contributed by atoms with E-state index in [9.17, 15) is 9.18 Å². The lowest BCUT2D eigenvalue weighted by Crippen LogP contribution is -2.64. The van der Waals surface area contributed by atoms with Crippen LogP contribution >= 0.6 is 0 Å². The summed E-state index contributed by atoms with van der Waals surface area (Å²) < 4.78 is 24.0. The molecule has 2 aliphatic rings. The van der Waals surface area contributed by atoms with Crippen molar-refractivity contribution in [1.29, 1.82) is 0 Å². The van der Waals surface area contributed by atoms with Gasteiger partial charge in [-0.15, -0.1) is 0 Å². The first-order valence-electron chi connectivity index (χ1n) is 8.26. The minimum atomic E-state index is -0.881. The van der Waals surface area contributed by atoms with E-state index >= 15 is 0 Å². The highest BCUT2D eigenvalue weighted by molar-refractivity contribution is 5.90. The zero-order valence-corrected chi connectivity index (χ0v) is 13.8. The molecule has 23 heavy (non-hydrogen) atoms. The van der Waals surface area contributed by atoms with Crippen molar-refractivity contribution in [3.63, 3.8) is 0 Å². The second-order valence-electron chi connectivity index (χ2n) is 6.94. The molecule has 0 aliphatic carbocycles. The third kappa shape index (κ3) is 3.20. The van der Waals surface area contributed by atoms with Crippen LogP contribution in [0.1, 0.15) is 25.8 Å². The van der Waals surface area contributed by atoms with Crippen LogP contribution in [0.2, 0.25) is 0 Å². The number of hydrogen-bond donors (Lipinski definition) is 0. The number of hydrogen-bond acceptors (Lipinski definition) is 3. The Morgan fingerprint density at radius 2 is 2.00 bits per heavy atom. The van der Waals surface area contributed by atoms with Crippen molar-refractivity contribution in [2.75, 3.05) is 32.9 Å². The van der Waals surface area contributed by atoms with Gasteiger partial charge in [-0.3, -0.25) is 4.79 Å². The van der Waals surface area contributed by atoms with E-state index in [0.29, 0.717) is 25.7 Å². The molecule has 0 spiro atoms. The van der Waals surface area contributed by atoms with Crippen LogP contribution in [0.5, 0.6) is 5.75 Å². The standard InChI is InChI=1S/C18H24FNO3/c1-13(2)7-8-23-16-5-3-14(4-6-16)18(11-22-12-18)17(21)20-9-15(19)10-20/h3-6,13,15H,7-12H2,1-2H3. The molecule has 0 saturated carbocycles. The number of likely N-dealkylation sites (tertiary alicyclic amines) is 1. The van der Waals surface area contributed by atoms with E-state index in [4.69, 9.17) is 9.47 Å². The van der Waals surface area contributed by atoms with E-state index in [1.165, 1.54) is 0 Å². The zero-order valence-electron chi connectivity index (χ0n) is 13.8. The Hall–Kier alpha value is -1.62. The number of nitrogens with zero attached hydrogens (tertiary/aromatic N) is 1. The molecule has 5 heteroatoms. The molecule has 2 aliphatic heterocycles. The Balaban J connectivity index is 1.66. The molecule has 0 N–H and O–H groups in total. The molecule has 1 aromatic rings. The molecule has 0 radical (unpaired) electrons. The lowest BCUT2D eigenvalue weighted by atomic mass is 9.76. The largest absolute Gasteiger partial charge is 0.494 e. The van der Waals surface area contributed by atoms with E-state index in [1.54, 1.807) is 4.90 Å². The number of ether oxygens (including phenoxy) is 2. The number of carbonyl (C=O) groups excluding carboxylic acids is 1. The topological polar surface area (TPSA) is 38.8 Å². The van der Waals surface area contributed by atoms with Crippen LogP contribution in [-0.4, -0.2) is 49.9 Å². The number of benzene rings is 1. The first-order valence-corrected chi connectivity index (χ1v) is 8.26. The Bertz CT molecular complexity index is 548. The van der Waals surface area contributed by atoms with Gasteiger partial charge in [-0.05, 0) is 30.0 Å². The van der Waals surface area contributed by atoms with Gasteiger partial charge in [-0.2, -0.15) is 0 Å². The highest BCUT2D eigenvalue weighted by Gasteiger charge is 2.51. The van der Waals surface area contributed by atoms with Crippen molar-refractivity contribution in [2.24, 2.45) is 5.92 Å². The molecule has 0 bridgehead atoms. The molecule has 0 atom stereocenters. The van der Waals surface area contributed by atoms with Crippen molar-refractivity contribution in [3.05, 3.63) is 29.8 Å². The fraction of sp³-hybridized carbons (Fsp3) is 0.611. The number of alkyl halides is 1. The number of carbonyl (C=O) groups is 1. The Morgan fingerprint density at radius 3 is 2.48 bits per heavy atom. The second-order valence-corrected chi connectivity index (χ2v) is 6.94. The number of rotatable bonds is 6. The van der Waals surface area contributed by atoms with E-state index in [0.717, 1.165) is 17.7 Å². The van der Waals surface area contributed by atoms with Gasteiger partial charge in [-0.1, -0.05) is 26.0 Å². The molecule has 1 amide bonds. The molecule has 0 unspecified atom stereocenters. The summed E-state index contributed by atoms with van der Waals surface area (Å²) in [6.07, 6.45) is 0.130. The summed E-state index contributed by atoms with van der Waals surface area (Å²) in [6, 6.07) is 7.66.